The van der Waals surface area contributed by atoms with Crippen LogP contribution in [0.3, 0.4) is 0 Å². The molecule has 3 aromatic rings. The van der Waals surface area contributed by atoms with Gasteiger partial charge in [0.1, 0.15) is 18.1 Å². The lowest BCUT2D eigenvalue weighted by atomic mass is 10.1. The van der Waals surface area contributed by atoms with E-state index in [2.05, 4.69) is 17.3 Å². The first kappa shape index (κ1) is 19.1. The summed E-state index contributed by atoms with van der Waals surface area (Å²) in [5.74, 6) is 0.813. The Kier molecular flexibility index (Phi) is 5.51. The minimum atomic E-state index is -0.0846. The molecule has 0 saturated carbocycles. The van der Waals surface area contributed by atoms with Gasteiger partial charge in [0, 0.05) is 37.0 Å². The second-order valence-electron chi connectivity index (χ2n) is 7.25. The summed E-state index contributed by atoms with van der Waals surface area (Å²) in [5.41, 5.74) is 5.22. The number of para-hydroxylation sites is 1. The van der Waals surface area contributed by atoms with Crippen LogP contribution >= 0.6 is 0 Å². The van der Waals surface area contributed by atoms with Gasteiger partial charge < -0.3 is 15.0 Å². The fraction of sp³-hybridized carbons (Fsp3) is 0.304. The molecule has 0 unspecified atom stereocenters. The van der Waals surface area contributed by atoms with E-state index >= 15 is 0 Å². The topological polar surface area (TPSA) is 59.4 Å². The maximum Gasteiger partial charge on any atom is 0.322 e. The lowest BCUT2D eigenvalue weighted by Crippen LogP contribution is -2.39. The minimum absolute atomic E-state index is 0.0846. The van der Waals surface area contributed by atoms with Crippen LogP contribution in [0.15, 0.2) is 54.6 Å². The lowest BCUT2D eigenvalue weighted by molar-refractivity contribution is 0.205. The summed E-state index contributed by atoms with van der Waals surface area (Å²) in [6, 6.07) is 17.6. The molecule has 1 aliphatic rings. The Balaban J connectivity index is 1.44. The van der Waals surface area contributed by atoms with E-state index in [1.807, 2.05) is 71.2 Å². The molecule has 2 aromatic carbocycles. The maximum atomic E-state index is 12.8. The highest BCUT2D eigenvalue weighted by Crippen LogP contribution is 2.24. The predicted molar refractivity (Wildman–Crippen MR) is 113 cm³/mol. The van der Waals surface area contributed by atoms with Gasteiger partial charge in [0.25, 0.3) is 0 Å². The summed E-state index contributed by atoms with van der Waals surface area (Å²) < 4.78 is 7.80. The van der Waals surface area contributed by atoms with Crippen LogP contribution in [0.1, 0.15) is 29.4 Å². The average Bonchev–Trinajstić information content (AvgIpc) is 3.08. The molecule has 0 bridgehead atoms. The number of urea groups is 1. The number of aryl methyl sites for hydroxylation is 2. The van der Waals surface area contributed by atoms with E-state index in [1.54, 1.807) is 0 Å². The lowest BCUT2D eigenvalue weighted by Gasteiger charge is -2.28. The van der Waals surface area contributed by atoms with Gasteiger partial charge in [0.05, 0.1) is 6.54 Å². The number of aromatic nitrogens is 2. The number of carbonyl (C=O) groups excluding carboxylic acids is 1. The fourth-order valence-electron chi connectivity index (χ4n) is 3.65. The zero-order chi connectivity index (χ0) is 20.2. The maximum absolute atomic E-state index is 12.8. The zero-order valence-corrected chi connectivity index (χ0v) is 16.9. The van der Waals surface area contributed by atoms with Crippen molar-refractivity contribution in [1.29, 1.82) is 0 Å². The van der Waals surface area contributed by atoms with Crippen molar-refractivity contribution in [3.05, 3.63) is 77.1 Å². The first-order chi connectivity index (χ1) is 14.1. The molecule has 0 saturated heterocycles. The van der Waals surface area contributed by atoms with Crippen LogP contribution in [-0.4, -0.2) is 27.3 Å². The number of hydrogen-bond donors (Lipinski definition) is 1. The Morgan fingerprint density at radius 3 is 2.62 bits per heavy atom. The summed E-state index contributed by atoms with van der Waals surface area (Å²) in [7, 11) is 1.95. The van der Waals surface area contributed by atoms with Crippen molar-refractivity contribution < 1.29 is 9.53 Å². The number of hydrogen-bond acceptors (Lipinski definition) is 3. The molecule has 4 rings (SSSR count). The van der Waals surface area contributed by atoms with E-state index in [0.717, 1.165) is 35.5 Å². The van der Waals surface area contributed by atoms with Crippen molar-refractivity contribution in [3.63, 3.8) is 0 Å². The molecule has 0 aliphatic carbocycles. The Labute approximate surface area is 171 Å². The third kappa shape index (κ3) is 4.26. The smallest absolute Gasteiger partial charge is 0.322 e. The number of anilines is 1. The van der Waals surface area contributed by atoms with Gasteiger partial charge in [0.15, 0.2) is 0 Å². The molecule has 29 heavy (non-hydrogen) atoms. The molecule has 6 heteroatoms. The van der Waals surface area contributed by atoms with E-state index < -0.39 is 0 Å². The van der Waals surface area contributed by atoms with Crippen LogP contribution in [0.2, 0.25) is 0 Å². The van der Waals surface area contributed by atoms with E-state index in [9.17, 15) is 4.79 Å². The zero-order valence-electron chi connectivity index (χ0n) is 16.9. The standard InChI is InChI=1S/C23H26N4O2/c1-3-17-9-11-18(12-10-17)24-23(28)27-14-13-22-20(15-27)21(25-26(22)2)16-29-19-7-5-4-6-8-19/h4-12H,3,13-16H2,1-2H3,(H,24,28). The van der Waals surface area contributed by atoms with Crippen LogP contribution in [0.5, 0.6) is 5.75 Å². The molecule has 2 heterocycles. The Morgan fingerprint density at radius 2 is 1.90 bits per heavy atom. The summed E-state index contributed by atoms with van der Waals surface area (Å²) in [6.07, 6.45) is 1.77. The molecule has 2 amide bonds. The van der Waals surface area contributed by atoms with Gasteiger partial charge >= 0.3 is 6.03 Å². The molecule has 0 atom stereocenters. The first-order valence-electron chi connectivity index (χ1n) is 10.0. The quantitative estimate of drug-likeness (QED) is 0.712. The van der Waals surface area contributed by atoms with Gasteiger partial charge in [-0.25, -0.2) is 4.79 Å². The first-order valence-corrected chi connectivity index (χ1v) is 10.0. The van der Waals surface area contributed by atoms with Crippen molar-refractivity contribution in [1.82, 2.24) is 14.7 Å². The molecule has 1 aliphatic heterocycles. The Hall–Kier alpha value is -3.28. The second kappa shape index (κ2) is 8.39. The van der Waals surface area contributed by atoms with E-state index in [-0.39, 0.29) is 6.03 Å². The number of ether oxygens (including phenoxy) is 1. The van der Waals surface area contributed by atoms with Crippen LogP contribution in [0, 0.1) is 0 Å². The van der Waals surface area contributed by atoms with Crippen molar-refractivity contribution in [2.24, 2.45) is 7.05 Å². The van der Waals surface area contributed by atoms with Gasteiger partial charge in [-0.1, -0.05) is 37.3 Å². The molecule has 0 radical (unpaired) electrons. The molecule has 6 nitrogen and oxygen atoms in total. The largest absolute Gasteiger partial charge is 0.487 e. The normalized spacial score (nSPS) is 13.1. The highest BCUT2D eigenvalue weighted by Gasteiger charge is 2.27. The SMILES string of the molecule is CCc1ccc(NC(=O)N2CCc3c(c(COc4ccccc4)nn3C)C2)cc1. The van der Waals surface area contributed by atoms with Crippen LogP contribution < -0.4 is 10.1 Å². The van der Waals surface area contributed by atoms with Crippen LogP contribution in [-0.2, 0) is 33.0 Å². The second-order valence-corrected chi connectivity index (χ2v) is 7.25. The number of carbonyl (C=O) groups is 1. The number of fused-ring (bicyclic) bond motifs is 1. The fourth-order valence-corrected chi connectivity index (χ4v) is 3.65. The molecule has 1 N–H and O–H groups in total. The summed E-state index contributed by atoms with van der Waals surface area (Å²) in [6.45, 7) is 3.72. The Morgan fingerprint density at radius 1 is 1.14 bits per heavy atom. The van der Waals surface area contributed by atoms with E-state index in [4.69, 9.17) is 4.74 Å². The van der Waals surface area contributed by atoms with Crippen molar-refractivity contribution in [2.75, 3.05) is 11.9 Å². The van der Waals surface area contributed by atoms with Gasteiger partial charge in [0.2, 0.25) is 0 Å². The summed E-state index contributed by atoms with van der Waals surface area (Å²) in [5, 5.41) is 7.64. The van der Waals surface area contributed by atoms with Gasteiger partial charge in [-0.05, 0) is 36.2 Å². The molecular formula is C23H26N4O2. The van der Waals surface area contributed by atoms with Gasteiger partial charge in [-0.15, -0.1) is 0 Å². The molecule has 0 spiro atoms. The number of benzene rings is 2. The number of nitrogens with one attached hydrogen (secondary N) is 1. The van der Waals surface area contributed by atoms with Crippen molar-refractivity contribution in [3.8, 4) is 5.75 Å². The van der Waals surface area contributed by atoms with Crippen LogP contribution in [0.25, 0.3) is 0 Å². The molecular weight excluding hydrogens is 364 g/mol. The third-order valence-corrected chi connectivity index (χ3v) is 5.34. The number of amides is 2. The number of rotatable bonds is 5. The summed E-state index contributed by atoms with van der Waals surface area (Å²) >= 11 is 0. The van der Waals surface area contributed by atoms with Gasteiger partial charge in [-0.3, -0.25) is 4.68 Å². The molecule has 150 valence electrons. The third-order valence-electron chi connectivity index (χ3n) is 5.34. The minimum Gasteiger partial charge on any atom is -0.487 e. The summed E-state index contributed by atoms with van der Waals surface area (Å²) in [4.78, 5) is 14.6. The Bertz CT molecular complexity index is 980. The van der Waals surface area contributed by atoms with Crippen LogP contribution in [0.4, 0.5) is 10.5 Å². The average molecular weight is 390 g/mol. The highest BCUT2D eigenvalue weighted by molar-refractivity contribution is 5.89. The van der Waals surface area contributed by atoms with Gasteiger partial charge in [-0.2, -0.15) is 5.10 Å². The van der Waals surface area contributed by atoms with E-state index in [0.29, 0.717) is 19.7 Å². The van der Waals surface area contributed by atoms with Crippen molar-refractivity contribution in [2.45, 2.75) is 32.9 Å². The monoisotopic (exact) mass is 390 g/mol. The number of nitrogens with zero attached hydrogens (tertiary/aromatic N) is 3. The highest BCUT2D eigenvalue weighted by atomic mass is 16.5. The molecule has 1 aromatic heterocycles. The predicted octanol–water partition coefficient (Wildman–Crippen LogP) is 4.15. The van der Waals surface area contributed by atoms with Crippen molar-refractivity contribution >= 4 is 11.7 Å². The molecule has 0 fully saturated rings. The van der Waals surface area contributed by atoms with E-state index in [1.165, 1.54) is 11.3 Å².